The van der Waals surface area contributed by atoms with Gasteiger partial charge in [-0.15, -0.1) is 0 Å². The number of nitrogens with one attached hydrogen (secondary N) is 1. The zero-order valence-electron chi connectivity index (χ0n) is 16.8. The lowest BCUT2D eigenvalue weighted by molar-refractivity contribution is -0.914. The molecule has 3 aromatic rings. The van der Waals surface area contributed by atoms with E-state index in [9.17, 15) is 0 Å². The number of rotatable bonds is 6. The Hall–Kier alpha value is -2.72. The number of ether oxygens (including phenoxy) is 2. The van der Waals surface area contributed by atoms with Crippen LogP contribution in [-0.4, -0.2) is 39.9 Å². The molecule has 28 heavy (non-hydrogen) atoms. The molecule has 1 saturated heterocycles. The van der Waals surface area contributed by atoms with E-state index in [1.165, 1.54) is 22.0 Å². The number of para-hydroxylation sites is 2. The van der Waals surface area contributed by atoms with Crippen molar-refractivity contribution in [2.24, 2.45) is 0 Å². The SMILES string of the molecule is CCOc1ccccc1N1CC[NH+](Cc2c(OC)ccc3ccccc23)CC1. The van der Waals surface area contributed by atoms with E-state index in [4.69, 9.17) is 9.47 Å². The van der Waals surface area contributed by atoms with Gasteiger partial charge in [-0.05, 0) is 35.9 Å². The van der Waals surface area contributed by atoms with Crippen LogP contribution in [0.25, 0.3) is 10.8 Å². The number of anilines is 1. The maximum absolute atomic E-state index is 5.83. The molecule has 0 spiro atoms. The lowest BCUT2D eigenvalue weighted by Gasteiger charge is -2.34. The summed E-state index contributed by atoms with van der Waals surface area (Å²) in [4.78, 5) is 4.05. The Morgan fingerprint density at radius 1 is 0.893 bits per heavy atom. The highest BCUT2D eigenvalue weighted by Gasteiger charge is 2.24. The summed E-state index contributed by atoms with van der Waals surface area (Å²) in [6.07, 6.45) is 0. The van der Waals surface area contributed by atoms with Gasteiger partial charge in [0.25, 0.3) is 0 Å². The first kappa shape index (κ1) is 18.6. The summed E-state index contributed by atoms with van der Waals surface area (Å²) in [5.74, 6) is 1.99. The lowest BCUT2D eigenvalue weighted by Crippen LogP contribution is -3.13. The third kappa shape index (κ3) is 3.78. The molecule has 0 aromatic heterocycles. The van der Waals surface area contributed by atoms with Crippen molar-refractivity contribution in [1.82, 2.24) is 0 Å². The molecule has 4 nitrogen and oxygen atoms in total. The Labute approximate surface area is 167 Å². The number of fused-ring (bicyclic) bond motifs is 1. The fourth-order valence-electron chi connectivity index (χ4n) is 4.18. The van der Waals surface area contributed by atoms with Gasteiger partial charge in [0, 0.05) is 0 Å². The van der Waals surface area contributed by atoms with E-state index >= 15 is 0 Å². The van der Waals surface area contributed by atoms with Gasteiger partial charge in [-0.3, -0.25) is 0 Å². The van der Waals surface area contributed by atoms with Gasteiger partial charge in [0.1, 0.15) is 18.0 Å². The first-order valence-electron chi connectivity index (χ1n) is 10.1. The molecule has 1 aliphatic heterocycles. The molecule has 0 unspecified atom stereocenters. The number of methoxy groups -OCH3 is 1. The fraction of sp³-hybridized carbons (Fsp3) is 0.333. The summed E-state index contributed by atoms with van der Waals surface area (Å²) < 4.78 is 11.5. The van der Waals surface area contributed by atoms with Crippen LogP contribution in [0.2, 0.25) is 0 Å². The molecule has 4 heteroatoms. The van der Waals surface area contributed by atoms with Crippen molar-refractivity contribution in [2.45, 2.75) is 13.5 Å². The summed E-state index contributed by atoms with van der Waals surface area (Å²) in [5, 5.41) is 2.58. The van der Waals surface area contributed by atoms with E-state index < -0.39 is 0 Å². The van der Waals surface area contributed by atoms with Gasteiger partial charge in [-0.25, -0.2) is 0 Å². The molecule has 1 aliphatic rings. The Balaban J connectivity index is 1.49. The maximum atomic E-state index is 5.83. The first-order chi connectivity index (χ1) is 13.8. The van der Waals surface area contributed by atoms with Gasteiger partial charge in [-0.1, -0.05) is 42.5 Å². The molecule has 0 bridgehead atoms. The Morgan fingerprint density at radius 2 is 1.64 bits per heavy atom. The highest BCUT2D eigenvalue weighted by Crippen LogP contribution is 2.29. The van der Waals surface area contributed by atoms with Crippen LogP contribution < -0.4 is 19.3 Å². The molecule has 3 aromatic carbocycles. The fourth-order valence-corrected chi connectivity index (χ4v) is 4.18. The minimum Gasteiger partial charge on any atom is -0.496 e. The molecule has 1 N–H and O–H groups in total. The van der Waals surface area contributed by atoms with Crippen LogP contribution in [0.1, 0.15) is 12.5 Å². The van der Waals surface area contributed by atoms with Crippen molar-refractivity contribution in [3.63, 3.8) is 0 Å². The molecular formula is C24H29N2O2+. The number of nitrogens with zero attached hydrogens (tertiary/aromatic N) is 1. The molecule has 146 valence electrons. The monoisotopic (exact) mass is 377 g/mol. The van der Waals surface area contributed by atoms with E-state index in [-0.39, 0.29) is 0 Å². The zero-order valence-corrected chi connectivity index (χ0v) is 16.8. The summed E-state index contributed by atoms with van der Waals surface area (Å²) in [5.41, 5.74) is 2.53. The molecule has 1 heterocycles. The third-order valence-electron chi connectivity index (χ3n) is 5.62. The van der Waals surface area contributed by atoms with E-state index in [2.05, 4.69) is 59.5 Å². The summed E-state index contributed by atoms with van der Waals surface area (Å²) in [6, 6.07) is 21.2. The quantitative estimate of drug-likeness (QED) is 0.715. The van der Waals surface area contributed by atoms with Crippen LogP contribution in [0, 0.1) is 0 Å². The average Bonchev–Trinajstić information content (AvgIpc) is 2.75. The third-order valence-corrected chi connectivity index (χ3v) is 5.62. The Morgan fingerprint density at radius 3 is 2.43 bits per heavy atom. The summed E-state index contributed by atoms with van der Waals surface area (Å²) in [7, 11) is 1.77. The Bertz CT molecular complexity index is 933. The second kappa shape index (κ2) is 8.53. The van der Waals surface area contributed by atoms with E-state index in [0.717, 1.165) is 44.2 Å². The average molecular weight is 378 g/mol. The number of benzene rings is 3. The number of hydrogen-bond donors (Lipinski definition) is 1. The summed E-state index contributed by atoms with van der Waals surface area (Å²) in [6.45, 7) is 8.00. The second-order valence-corrected chi connectivity index (χ2v) is 7.28. The van der Waals surface area contributed by atoms with Crippen molar-refractivity contribution in [3.8, 4) is 11.5 Å². The van der Waals surface area contributed by atoms with Crippen LogP contribution >= 0.6 is 0 Å². The highest BCUT2D eigenvalue weighted by atomic mass is 16.5. The van der Waals surface area contributed by atoms with Gasteiger partial charge in [0.2, 0.25) is 0 Å². The Kier molecular flexibility index (Phi) is 5.68. The summed E-state index contributed by atoms with van der Waals surface area (Å²) >= 11 is 0. The topological polar surface area (TPSA) is 26.1 Å². The van der Waals surface area contributed by atoms with Crippen molar-refractivity contribution < 1.29 is 14.4 Å². The van der Waals surface area contributed by atoms with Crippen molar-refractivity contribution in [1.29, 1.82) is 0 Å². The number of piperazine rings is 1. The molecular weight excluding hydrogens is 348 g/mol. The van der Waals surface area contributed by atoms with Gasteiger partial charge in [0.15, 0.2) is 0 Å². The van der Waals surface area contributed by atoms with Gasteiger partial charge < -0.3 is 19.3 Å². The molecule has 0 amide bonds. The predicted octanol–water partition coefficient (Wildman–Crippen LogP) is 3.15. The highest BCUT2D eigenvalue weighted by molar-refractivity contribution is 5.87. The molecule has 1 fully saturated rings. The van der Waals surface area contributed by atoms with Crippen molar-refractivity contribution in [2.75, 3.05) is 44.8 Å². The number of hydrogen-bond acceptors (Lipinski definition) is 3. The van der Waals surface area contributed by atoms with Gasteiger partial charge >= 0.3 is 0 Å². The number of quaternary nitrogens is 1. The zero-order chi connectivity index (χ0) is 19.3. The van der Waals surface area contributed by atoms with Crippen LogP contribution in [0.5, 0.6) is 11.5 Å². The molecule has 0 aliphatic carbocycles. The lowest BCUT2D eigenvalue weighted by atomic mass is 10.0. The molecule has 4 rings (SSSR count). The van der Waals surface area contributed by atoms with Crippen LogP contribution in [0.3, 0.4) is 0 Å². The van der Waals surface area contributed by atoms with E-state index in [0.29, 0.717) is 6.61 Å². The van der Waals surface area contributed by atoms with Gasteiger partial charge in [0.05, 0.1) is 51.1 Å². The van der Waals surface area contributed by atoms with Crippen LogP contribution in [0.15, 0.2) is 60.7 Å². The minimum absolute atomic E-state index is 0.698. The standard InChI is InChI=1S/C24H28N2O2/c1-3-28-24-11-7-6-10-22(24)26-16-14-25(15-17-26)18-21-20-9-5-4-8-19(20)12-13-23(21)27-2/h4-13H,3,14-18H2,1-2H3/p+1. The van der Waals surface area contributed by atoms with Crippen LogP contribution in [0.4, 0.5) is 5.69 Å². The van der Waals surface area contributed by atoms with Gasteiger partial charge in [-0.2, -0.15) is 0 Å². The molecule has 0 saturated carbocycles. The van der Waals surface area contributed by atoms with E-state index in [1.54, 1.807) is 12.0 Å². The molecule has 0 radical (unpaired) electrons. The second-order valence-electron chi connectivity index (χ2n) is 7.28. The normalized spacial score (nSPS) is 15.0. The maximum Gasteiger partial charge on any atom is 0.142 e. The predicted molar refractivity (Wildman–Crippen MR) is 115 cm³/mol. The van der Waals surface area contributed by atoms with Crippen molar-refractivity contribution >= 4 is 16.5 Å². The molecule has 0 atom stereocenters. The smallest absolute Gasteiger partial charge is 0.142 e. The van der Waals surface area contributed by atoms with Crippen molar-refractivity contribution in [3.05, 3.63) is 66.2 Å². The van der Waals surface area contributed by atoms with Crippen LogP contribution in [-0.2, 0) is 6.54 Å². The minimum atomic E-state index is 0.698. The van der Waals surface area contributed by atoms with E-state index in [1.807, 2.05) is 13.0 Å². The first-order valence-corrected chi connectivity index (χ1v) is 10.1. The largest absolute Gasteiger partial charge is 0.496 e.